The summed E-state index contributed by atoms with van der Waals surface area (Å²) in [5, 5.41) is 17.8. The number of nitrogens with zero attached hydrogens (tertiary/aromatic N) is 3. The van der Waals surface area contributed by atoms with Gasteiger partial charge >= 0.3 is 0 Å². The molecule has 0 saturated carbocycles. The molecule has 1 aromatic heterocycles. The molecule has 0 aliphatic rings. The summed E-state index contributed by atoms with van der Waals surface area (Å²) >= 11 is 0. The first-order valence-corrected chi connectivity index (χ1v) is 6.15. The van der Waals surface area contributed by atoms with E-state index in [1.807, 2.05) is 24.3 Å². The molecule has 6 heteroatoms. The summed E-state index contributed by atoms with van der Waals surface area (Å²) in [7, 11) is 0. The summed E-state index contributed by atoms with van der Waals surface area (Å²) in [4.78, 5) is 17.7. The van der Waals surface area contributed by atoms with Crippen LogP contribution in [0, 0.1) is 0 Å². The fourth-order valence-corrected chi connectivity index (χ4v) is 1.98. The monoisotopic (exact) mass is 263 g/mol. The molecular formula is C13H17N3O3. The van der Waals surface area contributed by atoms with Crippen LogP contribution in [0.25, 0.3) is 11.0 Å². The van der Waals surface area contributed by atoms with Gasteiger partial charge in [0.15, 0.2) is 0 Å². The van der Waals surface area contributed by atoms with Gasteiger partial charge in [0.2, 0.25) is 5.91 Å². The van der Waals surface area contributed by atoms with E-state index in [4.69, 9.17) is 10.2 Å². The highest BCUT2D eigenvalue weighted by atomic mass is 16.3. The Morgan fingerprint density at radius 2 is 1.89 bits per heavy atom. The first kappa shape index (κ1) is 13.5. The lowest BCUT2D eigenvalue weighted by atomic mass is 10.3. The lowest BCUT2D eigenvalue weighted by Crippen LogP contribution is -2.37. The van der Waals surface area contributed by atoms with Crippen molar-refractivity contribution in [3.63, 3.8) is 0 Å². The Kier molecular flexibility index (Phi) is 4.48. The van der Waals surface area contributed by atoms with Gasteiger partial charge in [0.1, 0.15) is 6.54 Å². The van der Waals surface area contributed by atoms with Crippen molar-refractivity contribution in [3.8, 4) is 0 Å². The zero-order valence-corrected chi connectivity index (χ0v) is 10.6. The van der Waals surface area contributed by atoms with Gasteiger partial charge in [-0.05, 0) is 12.1 Å². The predicted molar refractivity (Wildman–Crippen MR) is 70.5 cm³/mol. The molecular weight excluding hydrogens is 246 g/mol. The molecule has 102 valence electrons. The van der Waals surface area contributed by atoms with Gasteiger partial charge in [-0.2, -0.15) is 0 Å². The minimum absolute atomic E-state index is 0.115. The number of carbonyl (C=O) groups excluding carboxylic acids is 1. The molecule has 0 bridgehead atoms. The molecule has 0 aliphatic carbocycles. The van der Waals surface area contributed by atoms with E-state index < -0.39 is 0 Å². The van der Waals surface area contributed by atoms with Gasteiger partial charge in [0.05, 0.1) is 30.6 Å². The van der Waals surface area contributed by atoms with Gasteiger partial charge in [-0.25, -0.2) is 4.98 Å². The second-order valence-electron chi connectivity index (χ2n) is 4.19. The summed E-state index contributed by atoms with van der Waals surface area (Å²) in [6.45, 7) is 0.380. The zero-order chi connectivity index (χ0) is 13.7. The first-order valence-electron chi connectivity index (χ1n) is 6.15. The van der Waals surface area contributed by atoms with Crippen LogP contribution >= 0.6 is 0 Å². The third-order valence-corrected chi connectivity index (χ3v) is 2.93. The molecule has 0 radical (unpaired) electrons. The van der Waals surface area contributed by atoms with Crippen molar-refractivity contribution >= 4 is 16.9 Å². The molecule has 0 atom stereocenters. The Morgan fingerprint density at radius 1 is 1.21 bits per heavy atom. The number of carbonyl (C=O) groups is 1. The number of aliphatic hydroxyl groups is 2. The van der Waals surface area contributed by atoms with Crippen molar-refractivity contribution in [2.75, 3.05) is 26.3 Å². The minimum atomic E-state index is -0.147. The van der Waals surface area contributed by atoms with Crippen LogP contribution in [-0.4, -0.2) is 56.9 Å². The van der Waals surface area contributed by atoms with Crippen LogP contribution < -0.4 is 0 Å². The first-order chi connectivity index (χ1) is 9.26. The number of hydrogen-bond donors (Lipinski definition) is 2. The molecule has 6 nitrogen and oxygen atoms in total. The van der Waals surface area contributed by atoms with Crippen LogP contribution in [0.1, 0.15) is 0 Å². The third-order valence-electron chi connectivity index (χ3n) is 2.93. The van der Waals surface area contributed by atoms with Crippen LogP contribution in [0.5, 0.6) is 0 Å². The number of fused-ring (bicyclic) bond motifs is 1. The number of rotatable bonds is 6. The summed E-state index contributed by atoms with van der Waals surface area (Å²) in [5.41, 5.74) is 1.73. The topological polar surface area (TPSA) is 78.6 Å². The smallest absolute Gasteiger partial charge is 0.242 e. The van der Waals surface area contributed by atoms with Gasteiger partial charge in [-0.3, -0.25) is 4.79 Å². The van der Waals surface area contributed by atoms with Crippen molar-refractivity contribution in [1.82, 2.24) is 14.5 Å². The van der Waals surface area contributed by atoms with Crippen LogP contribution in [0.3, 0.4) is 0 Å². The fourth-order valence-electron chi connectivity index (χ4n) is 1.98. The molecule has 0 spiro atoms. The Morgan fingerprint density at radius 3 is 2.58 bits per heavy atom. The Labute approximate surface area is 110 Å². The maximum absolute atomic E-state index is 12.1. The molecule has 2 rings (SSSR count). The van der Waals surface area contributed by atoms with E-state index in [1.165, 1.54) is 4.90 Å². The second-order valence-corrected chi connectivity index (χ2v) is 4.19. The molecule has 0 aliphatic heterocycles. The molecule has 1 heterocycles. The van der Waals surface area contributed by atoms with Crippen LogP contribution in [0.2, 0.25) is 0 Å². The average Bonchev–Trinajstić information content (AvgIpc) is 2.82. The number of aliphatic hydroxyl groups excluding tert-OH is 2. The van der Waals surface area contributed by atoms with E-state index in [2.05, 4.69) is 4.98 Å². The van der Waals surface area contributed by atoms with E-state index in [9.17, 15) is 4.79 Å². The lowest BCUT2D eigenvalue weighted by Gasteiger charge is -2.20. The van der Waals surface area contributed by atoms with Crippen molar-refractivity contribution in [1.29, 1.82) is 0 Å². The molecule has 2 aromatic rings. The number of aromatic nitrogens is 2. The van der Waals surface area contributed by atoms with Crippen LogP contribution in [0.4, 0.5) is 0 Å². The summed E-state index contributed by atoms with van der Waals surface area (Å²) < 4.78 is 1.76. The summed E-state index contributed by atoms with van der Waals surface area (Å²) in [6, 6.07) is 7.57. The van der Waals surface area contributed by atoms with Crippen molar-refractivity contribution < 1.29 is 15.0 Å². The number of amides is 1. The Hall–Kier alpha value is -1.92. The number of para-hydroxylation sites is 2. The highest BCUT2D eigenvalue weighted by molar-refractivity contribution is 5.80. The molecule has 19 heavy (non-hydrogen) atoms. The Balaban J connectivity index is 2.13. The van der Waals surface area contributed by atoms with Gasteiger partial charge in [-0.1, -0.05) is 12.1 Å². The number of imidazole rings is 1. The third kappa shape index (κ3) is 3.10. The van der Waals surface area contributed by atoms with Gasteiger partial charge in [0.25, 0.3) is 0 Å². The molecule has 0 saturated heterocycles. The van der Waals surface area contributed by atoms with Crippen molar-refractivity contribution in [3.05, 3.63) is 30.6 Å². The lowest BCUT2D eigenvalue weighted by molar-refractivity contribution is -0.132. The van der Waals surface area contributed by atoms with E-state index in [-0.39, 0.29) is 38.8 Å². The predicted octanol–water partition coefficient (Wildman–Crippen LogP) is -0.150. The van der Waals surface area contributed by atoms with Crippen LogP contribution in [-0.2, 0) is 11.3 Å². The molecule has 2 N–H and O–H groups in total. The zero-order valence-electron chi connectivity index (χ0n) is 10.6. The standard InChI is InChI=1S/C13H17N3O3/c17-7-5-15(6-8-18)13(19)9-16-10-14-11-3-1-2-4-12(11)16/h1-4,10,17-18H,5-9H2. The molecule has 1 amide bonds. The van der Waals surface area contributed by atoms with Gasteiger partial charge < -0.3 is 19.7 Å². The summed E-state index contributed by atoms with van der Waals surface area (Å²) in [5.74, 6) is -0.147. The molecule has 1 aromatic carbocycles. The highest BCUT2D eigenvalue weighted by Gasteiger charge is 2.14. The number of hydrogen-bond acceptors (Lipinski definition) is 4. The van der Waals surface area contributed by atoms with Crippen molar-refractivity contribution in [2.24, 2.45) is 0 Å². The van der Waals surface area contributed by atoms with Crippen molar-refractivity contribution in [2.45, 2.75) is 6.54 Å². The SMILES string of the molecule is O=C(Cn1cnc2ccccc21)N(CCO)CCO. The van der Waals surface area contributed by atoms with E-state index in [0.717, 1.165) is 11.0 Å². The highest BCUT2D eigenvalue weighted by Crippen LogP contribution is 2.11. The Bertz CT molecular complexity index is 547. The average molecular weight is 263 g/mol. The fraction of sp³-hybridized carbons (Fsp3) is 0.385. The van der Waals surface area contributed by atoms with E-state index in [1.54, 1.807) is 10.9 Å². The summed E-state index contributed by atoms with van der Waals surface area (Å²) in [6.07, 6.45) is 1.62. The molecule has 0 unspecified atom stereocenters. The maximum Gasteiger partial charge on any atom is 0.242 e. The van der Waals surface area contributed by atoms with E-state index in [0.29, 0.717) is 0 Å². The second kappa shape index (κ2) is 6.31. The van der Waals surface area contributed by atoms with Gasteiger partial charge in [0, 0.05) is 13.1 Å². The maximum atomic E-state index is 12.1. The largest absolute Gasteiger partial charge is 0.395 e. The van der Waals surface area contributed by atoms with E-state index >= 15 is 0 Å². The van der Waals surface area contributed by atoms with Crippen LogP contribution in [0.15, 0.2) is 30.6 Å². The number of benzene rings is 1. The van der Waals surface area contributed by atoms with Gasteiger partial charge in [-0.15, -0.1) is 0 Å². The quantitative estimate of drug-likeness (QED) is 0.759. The molecule has 0 fully saturated rings. The minimum Gasteiger partial charge on any atom is -0.395 e. The normalized spacial score (nSPS) is 10.8.